The zero-order chi connectivity index (χ0) is 12.4. The van der Waals surface area contributed by atoms with Gasteiger partial charge in [-0.05, 0) is 38.3 Å². The molecule has 1 unspecified atom stereocenters. The fourth-order valence-corrected chi connectivity index (χ4v) is 1.40. The van der Waals surface area contributed by atoms with Gasteiger partial charge in [-0.1, -0.05) is 27.4 Å². The molecular weight excluding hydrogens is 202 g/mol. The summed E-state index contributed by atoms with van der Waals surface area (Å²) >= 11 is 0. The fraction of sp³-hybridized carbons (Fsp3) is 0.769. The Labute approximate surface area is 99.3 Å². The predicted molar refractivity (Wildman–Crippen MR) is 67.3 cm³/mol. The summed E-state index contributed by atoms with van der Waals surface area (Å²) in [5.74, 6) is 0.178. The summed E-state index contributed by atoms with van der Waals surface area (Å²) in [5.41, 5.74) is 0.583. The summed E-state index contributed by atoms with van der Waals surface area (Å²) in [6.45, 7) is 12.4. The van der Waals surface area contributed by atoms with Crippen LogP contribution in [0.3, 0.4) is 0 Å². The Kier molecular flexibility index (Phi) is 8.91. The van der Waals surface area contributed by atoms with Crippen LogP contribution in [0.15, 0.2) is 12.2 Å². The number of hydrogen-bond acceptors (Lipinski definition) is 3. The van der Waals surface area contributed by atoms with E-state index >= 15 is 0 Å². The van der Waals surface area contributed by atoms with E-state index in [1.807, 2.05) is 6.92 Å². The SMILES string of the molecule is C=C(CC(C)CNCCC)C(=O)OCCC. The van der Waals surface area contributed by atoms with Crippen LogP contribution in [0.2, 0.25) is 0 Å². The van der Waals surface area contributed by atoms with E-state index in [1.165, 1.54) is 0 Å². The second-order valence-corrected chi connectivity index (χ2v) is 4.25. The van der Waals surface area contributed by atoms with E-state index in [4.69, 9.17) is 4.74 Å². The molecule has 0 aliphatic carbocycles. The van der Waals surface area contributed by atoms with Gasteiger partial charge in [0.2, 0.25) is 0 Å². The zero-order valence-electron chi connectivity index (χ0n) is 10.8. The topological polar surface area (TPSA) is 38.3 Å². The molecule has 16 heavy (non-hydrogen) atoms. The minimum atomic E-state index is -0.246. The van der Waals surface area contributed by atoms with Crippen LogP contribution in [0, 0.1) is 5.92 Å². The molecule has 0 aliphatic heterocycles. The molecule has 0 radical (unpaired) electrons. The van der Waals surface area contributed by atoms with Gasteiger partial charge in [-0.3, -0.25) is 0 Å². The molecule has 0 saturated heterocycles. The maximum Gasteiger partial charge on any atom is 0.333 e. The molecule has 0 heterocycles. The van der Waals surface area contributed by atoms with E-state index in [9.17, 15) is 4.79 Å². The van der Waals surface area contributed by atoms with Crippen molar-refractivity contribution in [3.05, 3.63) is 12.2 Å². The van der Waals surface area contributed by atoms with Crippen LogP contribution in [-0.4, -0.2) is 25.7 Å². The molecule has 0 saturated carbocycles. The molecule has 0 aliphatic rings. The van der Waals surface area contributed by atoms with Crippen LogP contribution in [-0.2, 0) is 9.53 Å². The van der Waals surface area contributed by atoms with Crippen LogP contribution in [0.25, 0.3) is 0 Å². The summed E-state index contributed by atoms with van der Waals surface area (Å²) in [6, 6.07) is 0. The molecule has 1 atom stereocenters. The maximum atomic E-state index is 11.4. The van der Waals surface area contributed by atoms with Crippen LogP contribution >= 0.6 is 0 Å². The standard InChI is InChI=1S/C13H25NO2/c1-5-7-14-10-11(3)9-12(4)13(15)16-8-6-2/h11,14H,4-10H2,1-3H3. The fourth-order valence-electron chi connectivity index (χ4n) is 1.40. The molecule has 0 rings (SSSR count). The molecule has 0 aromatic heterocycles. The molecule has 0 aromatic carbocycles. The Morgan fingerprint density at radius 3 is 2.62 bits per heavy atom. The lowest BCUT2D eigenvalue weighted by atomic mass is 10.0. The van der Waals surface area contributed by atoms with E-state index in [0.29, 0.717) is 24.5 Å². The van der Waals surface area contributed by atoms with Gasteiger partial charge in [-0.2, -0.15) is 0 Å². The first-order valence-corrected chi connectivity index (χ1v) is 6.17. The van der Waals surface area contributed by atoms with Crippen LogP contribution in [0.1, 0.15) is 40.0 Å². The normalized spacial score (nSPS) is 12.2. The molecular formula is C13H25NO2. The smallest absolute Gasteiger partial charge is 0.333 e. The average molecular weight is 227 g/mol. The van der Waals surface area contributed by atoms with Crippen molar-refractivity contribution < 1.29 is 9.53 Å². The molecule has 3 heteroatoms. The van der Waals surface area contributed by atoms with Crippen molar-refractivity contribution in [3.63, 3.8) is 0 Å². The molecule has 1 N–H and O–H groups in total. The van der Waals surface area contributed by atoms with Crippen molar-refractivity contribution in [2.75, 3.05) is 19.7 Å². The first kappa shape index (κ1) is 15.2. The lowest BCUT2D eigenvalue weighted by Crippen LogP contribution is -2.23. The van der Waals surface area contributed by atoms with E-state index in [2.05, 4.69) is 25.7 Å². The van der Waals surface area contributed by atoms with Gasteiger partial charge in [0.15, 0.2) is 0 Å². The van der Waals surface area contributed by atoms with E-state index in [0.717, 1.165) is 25.9 Å². The summed E-state index contributed by atoms with van der Waals surface area (Å²) in [6.07, 6.45) is 2.69. The van der Waals surface area contributed by atoms with Gasteiger partial charge >= 0.3 is 5.97 Å². The van der Waals surface area contributed by atoms with E-state index in [-0.39, 0.29) is 5.97 Å². The molecule has 0 bridgehead atoms. The largest absolute Gasteiger partial charge is 0.462 e. The third-order valence-corrected chi connectivity index (χ3v) is 2.24. The van der Waals surface area contributed by atoms with Crippen molar-refractivity contribution in [2.24, 2.45) is 5.92 Å². The minimum absolute atomic E-state index is 0.246. The number of nitrogens with one attached hydrogen (secondary N) is 1. The van der Waals surface area contributed by atoms with Gasteiger partial charge in [0.1, 0.15) is 0 Å². The van der Waals surface area contributed by atoms with Gasteiger partial charge in [0.25, 0.3) is 0 Å². The number of carbonyl (C=O) groups is 1. The lowest BCUT2D eigenvalue weighted by Gasteiger charge is -2.13. The van der Waals surface area contributed by atoms with Crippen LogP contribution < -0.4 is 5.32 Å². The van der Waals surface area contributed by atoms with Gasteiger partial charge in [0.05, 0.1) is 6.61 Å². The number of ether oxygens (including phenoxy) is 1. The van der Waals surface area contributed by atoms with Gasteiger partial charge in [-0.25, -0.2) is 4.79 Å². The van der Waals surface area contributed by atoms with Crippen LogP contribution in [0.5, 0.6) is 0 Å². The van der Waals surface area contributed by atoms with E-state index in [1.54, 1.807) is 0 Å². The Hall–Kier alpha value is -0.830. The van der Waals surface area contributed by atoms with Crippen molar-refractivity contribution in [1.29, 1.82) is 0 Å². The molecule has 0 amide bonds. The Bertz CT molecular complexity index is 214. The third-order valence-electron chi connectivity index (χ3n) is 2.24. The molecule has 0 fully saturated rings. The second-order valence-electron chi connectivity index (χ2n) is 4.25. The highest BCUT2D eigenvalue weighted by Crippen LogP contribution is 2.10. The number of carbonyl (C=O) groups excluding carboxylic acids is 1. The summed E-state index contributed by atoms with van der Waals surface area (Å²) < 4.78 is 5.02. The summed E-state index contributed by atoms with van der Waals surface area (Å²) in [4.78, 5) is 11.4. The van der Waals surface area contributed by atoms with E-state index < -0.39 is 0 Å². The predicted octanol–water partition coefficient (Wildman–Crippen LogP) is 2.52. The number of rotatable bonds is 9. The van der Waals surface area contributed by atoms with Crippen molar-refractivity contribution in [3.8, 4) is 0 Å². The Morgan fingerprint density at radius 2 is 2.06 bits per heavy atom. The highest BCUT2D eigenvalue weighted by molar-refractivity contribution is 5.87. The van der Waals surface area contributed by atoms with Crippen molar-refractivity contribution >= 4 is 5.97 Å². The third kappa shape index (κ3) is 7.46. The highest BCUT2D eigenvalue weighted by atomic mass is 16.5. The number of esters is 1. The average Bonchev–Trinajstić information content (AvgIpc) is 2.26. The highest BCUT2D eigenvalue weighted by Gasteiger charge is 2.11. The Morgan fingerprint density at radius 1 is 1.38 bits per heavy atom. The molecule has 0 aromatic rings. The first-order chi connectivity index (χ1) is 7.61. The lowest BCUT2D eigenvalue weighted by molar-refractivity contribution is -0.139. The summed E-state index contributed by atoms with van der Waals surface area (Å²) in [7, 11) is 0. The van der Waals surface area contributed by atoms with Gasteiger partial charge < -0.3 is 10.1 Å². The first-order valence-electron chi connectivity index (χ1n) is 6.17. The summed E-state index contributed by atoms with van der Waals surface area (Å²) in [5, 5.41) is 3.33. The van der Waals surface area contributed by atoms with Gasteiger partial charge in [0, 0.05) is 5.57 Å². The molecule has 94 valence electrons. The minimum Gasteiger partial charge on any atom is -0.462 e. The second kappa shape index (κ2) is 9.40. The zero-order valence-corrected chi connectivity index (χ0v) is 10.8. The van der Waals surface area contributed by atoms with Crippen molar-refractivity contribution in [1.82, 2.24) is 5.32 Å². The van der Waals surface area contributed by atoms with Crippen molar-refractivity contribution in [2.45, 2.75) is 40.0 Å². The monoisotopic (exact) mass is 227 g/mol. The van der Waals surface area contributed by atoms with Gasteiger partial charge in [-0.15, -0.1) is 0 Å². The molecule has 3 nitrogen and oxygen atoms in total. The quantitative estimate of drug-likeness (QED) is 0.374. The number of hydrogen-bond donors (Lipinski definition) is 1. The molecule has 0 spiro atoms. The Balaban J connectivity index is 3.72. The van der Waals surface area contributed by atoms with Crippen LogP contribution in [0.4, 0.5) is 0 Å². The maximum absolute atomic E-state index is 11.4.